The number of hydrogen-bond acceptors (Lipinski definition) is 3. The molecule has 0 aliphatic carbocycles. The van der Waals surface area contributed by atoms with Crippen LogP contribution >= 0.6 is 0 Å². The molecule has 0 spiro atoms. The van der Waals surface area contributed by atoms with Crippen LogP contribution < -0.4 is 4.90 Å². The molecule has 104 valence electrons. The number of benzene rings is 1. The summed E-state index contributed by atoms with van der Waals surface area (Å²) in [6.45, 7) is 1.38. The van der Waals surface area contributed by atoms with Gasteiger partial charge in [-0.3, -0.25) is 0 Å². The molecule has 0 saturated heterocycles. The number of nitrogens with zero attached hydrogens (tertiary/aromatic N) is 3. The minimum Gasteiger partial charge on any atom is -0.372 e. The fraction of sp³-hybridized carbons (Fsp3) is 0.462. The fourth-order valence-corrected chi connectivity index (χ4v) is 1.61. The van der Waals surface area contributed by atoms with Crippen LogP contribution in [-0.4, -0.2) is 39.1 Å². The standard InChI is InChI=1S/C13H16F3N3/c1-18(2)6-7-19(3)12-5-4-11(13(14,15)16)8-10(12)9-17/h4-5,8H,6-7H2,1-3H3. The van der Waals surface area contributed by atoms with Crippen LogP contribution in [0.1, 0.15) is 11.1 Å². The van der Waals surface area contributed by atoms with Crippen LogP contribution in [0.2, 0.25) is 0 Å². The van der Waals surface area contributed by atoms with Gasteiger partial charge >= 0.3 is 6.18 Å². The summed E-state index contributed by atoms with van der Waals surface area (Å²) in [6, 6.07) is 5.06. The van der Waals surface area contributed by atoms with Gasteiger partial charge in [0.15, 0.2) is 0 Å². The Balaban J connectivity index is 3.00. The van der Waals surface area contributed by atoms with Crippen molar-refractivity contribution < 1.29 is 13.2 Å². The highest BCUT2D eigenvalue weighted by molar-refractivity contribution is 5.60. The highest BCUT2D eigenvalue weighted by Crippen LogP contribution is 2.32. The number of likely N-dealkylation sites (N-methyl/N-ethyl adjacent to an activating group) is 2. The number of anilines is 1. The van der Waals surface area contributed by atoms with Crippen molar-refractivity contribution >= 4 is 5.69 Å². The number of halogens is 3. The van der Waals surface area contributed by atoms with Crippen LogP contribution in [0, 0.1) is 11.3 Å². The molecular formula is C13H16F3N3. The molecule has 0 aromatic heterocycles. The van der Waals surface area contributed by atoms with Crippen molar-refractivity contribution in [3.05, 3.63) is 29.3 Å². The third-order valence-corrected chi connectivity index (χ3v) is 2.74. The molecule has 0 saturated carbocycles. The smallest absolute Gasteiger partial charge is 0.372 e. The van der Waals surface area contributed by atoms with Crippen molar-refractivity contribution in [2.24, 2.45) is 0 Å². The van der Waals surface area contributed by atoms with Gasteiger partial charge in [-0.15, -0.1) is 0 Å². The summed E-state index contributed by atoms with van der Waals surface area (Å²) in [4.78, 5) is 3.74. The summed E-state index contributed by atoms with van der Waals surface area (Å²) in [5, 5.41) is 8.98. The van der Waals surface area contributed by atoms with Gasteiger partial charge in [-0.2, -0.15) is 18.4 Å². The monoisotopic (exact) mass is 271 g/mol. The molecule has 0 fully saturated rings. The van der Waals surface area contributed by atoms with Gasteiger partial charge in [0.2, 0.25) is 0 Å². The molecule has 1 aromatic carbocycles. The van der Waals surface area contributed by atoms with E-state index in [0.717, 1.165) is 18.7 Å². The highest BCUT2D eigenvalue weighted by Gasteiger charge is 2.31. The van der Waals surface area contributed by atoms with E-state index in [0.29, 0.717) is 12.2 Å². The van der Waals surface area contributed by atoms with Gasteiger partial charge in [-0.1, -0.05) is 0 Å². The Kier molecular flexibility index (Phi) is 4.78. The molecule has 1 aromatic rings. The van der Waals surface area contributed by atoms with E-state index < -0.39 is 11.7 Å². The summed E-state index contributed by atoms with van der Waals surface area (Å²) in [5.41, 5.74) is -0.248. The third-order valence-electron chi connectivity index (χ3n) is 2.74. The third kappa shape index (κ3) is 4.14. The fourth-order valence-electron chi connectivity index (χ4n) is 1.61. The zero-order valence-corrected chi connectivity index (χ0v) is 11.1. The van der Waals surface area contributed by atoms with Gasteiger partial charge in [0.1, 0.15) is 6.07 Å². The molecule has 0 aliphatic rings. The number of alkyl halides is 3. The minimum absolute atomic E-state index is 0.0380. The molecule has 0 radical (unpaired) electrons. The summed E-state index contributed by atoms with van der Waals surface area (Å²) in [7, 11) is 5.57. The molecule has 0 heterocycles. The summed E-state index contributed by atoms with van der Waals surface area (Å²) in [5.74, 6) is 0. The Bertz CT molecular complexity index is 475. The lowest BCUT2D eigenvalue weighted by Crippen LogP contribution is -2.29. The first-order valence-electron chi connectivity index (χ1n) is 5.73. The molecule has 19 heavy (non-hydrogen) atoms. The molecular weight excluding hydrogens is 255 g/mol. The van der Waals surface area contributed by atoms with Crippen LogP contribution in [0.3, 0.4) is 0 Å². The zero-order valence-electron chi connectivity index (χ0n) is 11.1. The van der Waals surface area contributed by atoms with Crippen molar-refractivity contribution in [2.75, 3.05) is 39.1 Å². The molecule has 1 rings (SSSR count). The van der Waals surface area contributed by atoms with Gasteiger partial charge in [-0.05, 0) is 32.3 Å². The van der Waals surface area contributed by atoms with Crippen molar-refractivity contribution in [1.29, 1.82) is 5.26 Å². The van der Waals surface area contributed by atoms with E-state index in [1.807, 2.05) is 25.1 Å². The predicted molar refractivity (Wildman–Crippen MR) is 68.0 cm³/mol. The van der Waals surface area contributed by atoms with Crippen LogP contribution in [0.4, 0.5) is 18.9 Å². The average Bonchev–Trinajstić information content (AvgIpc) is 2.33. The molecule has 0 N–H and O–H groups in total. The largest absolute Gasteiger partial charge is 0.416 e. The number of rotatable bonds is 4. The van der Waals surface area contributed by atoms with Gasteiger partial charge in [0, 0.05) is 20.1 Å². The first kappa shape index (κ1) is 15.3. The maximum Gasteiger partial charge on any atom is 0.416 e. The maximum atomic E-state index is 12.6. The summed E-state index contributed by atoms with van der Waals surface area (Å²) < 4.78 is 37.7. The maximum absolute atomic E-state index is 12.6. The normalized spacial score (nSPS) is 11.5. The second-order valence-electron chi connectivity index (χ2n) is 4.57. The Morgan fingerprint density at radius 1 is 1.16 bits per heavy atom. The topological polar surface area (TPSA) is 30.3 Å². The quantitative estimate of drug-likeness (QED) is 0.843. The Morgan fingerprint density at radius 2 is 1.79 bits per heavy atom. The van der Waals surface area contributed by atoms with E-state index in [4.69, 9.17) is 5.26 Å². The van der Waals surface area contributed by atoms with Crippen molar-refractivity contribution in [2.45, 2.75) is 6.18 Å². The molecule has 6 heteroatoms. The van der Waals surface area contributed by atoms with Crippen molar-refractivity contribution in [1.82, 2.24) is 4.90 Å². The molecule has 0 aliphatic heterocycles. The lowest BCUT2D eigenvalue weighted by Gasteiger charge is -2.23. The number of nitriles is 1. The van der Waals surface area contributed by atoms with Crippen molar-refractivity contribution in [3.8, 4) is 6.07 Å². The minimum atomic E-state index is -4.42. The van der Waals surface area contributed by atoms with E-state index >= 15 is 0 Å². The number of hydrogen-bond donors (Lipinski definition) is 0. The van der Waals surface area contributed by atoms with E-state index in [-0.39, 0.29) is 5.56 Å². The SMILES string of the molecule is CN(C)CCN(C)c1ccc(C(F)(F)F)cc1C#N. The second-order valence-corrected chi connectivity index (χ2v) is 4.57. The van der Waals surface area contributed by atoms with Gasteiger partial charge in [0.25, 0.3) is 0 Å². The Morgan fingerprint density at radius 3 is 2.26 bits per heavy atom. The average molecular weight is 271 g/mol. The molecule has 0 atom stereocenters. The van der Waals surface area contributed by atoms with E-state index in [2.05, 4.69) is 0 Å². The molecule has 0 bridgehead atoms. The van der Waals surface area contributed by atoms with E-state index in [1.54, 1.807) is 11.9 Å². The molecule has 3 nitrogen and oxygen atoms in total. The molecule has 0 unspecified atom stereocenters. The van der Waals surface area contributed by atoms with Gasteiger partial charge in [-0.25, -0.2) is 0 Å². The van der Waals surface area contributed by atoms with Gasteiger partial charge in [0.05, 0.1) is 16.8 Å². The Hall–Kier alpha value is -1.74. The van der Waals surface area contributed by atoms with E-state index in [1.165, 1.54) is 6.07 Å². The highest BCUT2D eigenvalue weighted by atomic mass is 19.4. The lowest BCUT2D eigenvalue weighted by atomic mass is 10.1. The van der Waals surface area contributed by atoms with Crippen molar-refractivity contribution in [3.63, 3.8) is 0 Å². The molecule has 0 amide bonds. The summed E-state index contributed by atoms with van der Waals surface area (Å²) >= 11 is 0. The summed E-state index contributed by atoms with van der Waals surface area (Å²) in [6.07, 6.45) is -4.42. The van der Waals surface area contributed by atoms with Gasteiger partial charge < -0.3 is 9.80 Å². The van der Waals surface area contributed by atoms with Crippen LogP contribution in [-0.2, 0) is 6.18 Å². The van der Waals surface area contributed by atoms with E-state index in [9.17, 15) is 13.2 Å². The van der Waals surface area contributed by atoms with Crippen LogP contribution in [0.5, 0.6) is 0 Å². The lowest BCUT2D eigenvalue weighted by molar-refractivity contribution is -0.137. The Labute approximate surface area is 110 Å². The zero-order chi connectivity index (χ0) is 14.6. The first-order chi connectivity index (χ1) is 8.75. The predicted octanol–water partition coefficient (Wildman–Crippen LogP) is 2.57. The first-order valence-corrected chi connectivity index (χ1v) is 5.73. The van der Waals surface area contributed by atoms with Crippen LogP contribution in [0.15, 0.2) is 18.2 Å². The van der Waals surface area contributed by atoms with Crippen LogP contribution in [0.25, 0.3) is 0 Å². The second kappa shape index (κ2) is 5.93.